The van der Waals surface area contributed by atoms with Crippen molar-refractivity contribution >= 4 is 23.0 Å². The van der Waals surface area contributed by atoms with Crippen molar-refractivity contribution in [3.8, 4) is 0 Å². The van der Waals surface area contributed by atoms with Crippen LogP contribution >= 0.6 is 0 Å². The second-order valence-corrected chi connectivity index (χ2v) is 7.14. The Kier molecular flexibility index (Phi) is 4.42. The number of anilines is 1. The molecule has 1 amide bonds. The number of nitrogens with zero attached hydrogens (tertiary/aromatic N) is 3. The Balaban J connectivity index is 1.45. The van der Waals surface area contributed by atoms with Gasteiger partial charge in [0, 0.05) is 18.7 Å². The molecule has 0 atom stereocenters. The molecular formula is C23H19FN4O. The molecule has 6 heteroatoms. The van der Waals surface area contributed by atoms with Crippen molar-refractivity contribution in [2.75, 3.05) is 11.6 Å². The molecule has 29 heavy (non-hydrogen) atoms. The Hall–Kier alpha value is -3.35. The van der Waals surface area contributed by atoms with Gasteiger partial charge < -0.3 is 0 Å². The number of nitrogens with one attached hydrogen (secondary N) is 1. The molecule has 1 N–H and O–H groups in total. The van der Waals surface area contributed by atoms with Gasteiger partial charge in [0.2, 0.25) is 0 Å². The van der Waals surface area contributed by atoms with Crippen molar-refractivity contribution in [2.45, 2.75) is 13.0 Å². The number of rotatable bonds is 3. The molecule has 2 aliphatic rings. The van der Waals surface area contributed by atoms with E-state index in [1.165, 1.54) is 28.3 Å². The van der Waals surface area contributed by atoms with Crippen molar-refractivity contribution in [1.82, 2.24) is 10.5 Å². The average Bonchev–Trinajstić information content (AvgIpc) is 3.00. The lowest BCUT2D eigenvalue weighted by Gasteiger charge is -2.32. The highest BCUT2D eigenvalue weighted by Crippen LogP contribution is 2.30. The first-order valence-corrected chi connectivity index (χ1v) is 9.55. The largest absolute Gasteiger partial charge is 0.293 e. The van der Waals surface area contributed by atoms with E-state index in [-0.39, 0.29) is 11.7 Å². The number of amides is 1. The highest BCUT2D eigenvalue weighted by molar-refractivity contribution is 6.54. The third-order valence-electron chi connectivity index (χ3n) is 5.23. The van der Waals surface area contributed by atoms with E-state index in [1.54, 1.807) is 12.1 Å². The number of fused-ring (bicyclic) bond motifs is 2. The summed E-state index contributed by atoms with van der Waals surface area (Å²) in [5, 5.41) is 3.56. The number of carbonyl (C=O) groups is 1. The topological polar surface area (TPSA) is 47.9 Å². The predicted molar refractivity (Wildman–Crippen MR) is 110 cm³/mol. The average molecular weight is 386 g/mol. The fourth-order valence-electron chi connectivity index (χ4n) is 3.80. The third-order valence-corrected chi connectivity index (χ3v) is 5.23. The van der Waals surface area contributed by atoms with Gasteiger partial charge in [0.05, 0.1) is 11.4 Å². The van der Waals surface area contributed by atoms with Crippen LogP contribution in [-0.4, -0.2) is 23.2 Å². The lowest BCUT2D eigenvalue weighted by atomic mass is 10.0. The molecule has 3 aromatic rings. The fraction of sp³-hybridized carbons (Fsp3) is 0.130. The van der Waals surface area contributed by atoms with Gasteiger partial charge in [-0.1, -0.05) is 48.5 Å². The van der Waals surface area contributed by atoms with Gasteiger partial charge in [-0.3, -0.25) is 4.79 Å². The Morgan fingerprint density at radius 3 is 2.59 bits per heavy atom. The van der Waals surface area contributed by atoms with E-state index in [0.29, 0.717) is 17.9 Å². The quantitative estimate of drug-likeness (QED) is 0.745. The first-order chi connectivity index (χ1) is 14.2. The minimum atomic E-state index is -0.382. The lowest BCUT2D eigenvalue weighted by Crippen LogP contribution is -2.53. The van der Waals surface area contributed by atoms with Gasteiger partial charge in [0.25, 0.3) is 5.91 Å². The normalized spacial score (nSPS) is 17.5. The summed E-state index contributed by atoms with van der Waals surface area (Å²) in [7, 11) is 0. The number of aliphatic imine (C=N–C) groups is 1. The minimum absolute atomic E-state index is 0.255. The highest BCUT2D eigenvalue weighted by Gasteiger charge is 2.35. The van der Waals surface area contributed by atoms with Crippen LogP contribution in [-0.2, 0) is 17.8 Å². The molecule has 0 aromatic heterocycles. The molecule has 0 saturated heterocycles. The van der Waals surface area contributed by atoms with Crippen LogP contribution in [0.4, 0.5) is 15.8 Å². The maximum Gasteiger partial charge on any atom is 0.293 e. The van der Waals surface area contributed by atoms with Gasteiger partial charge in [-0.25, -0.2) is 19.4 Å². The van der Waals surface area contributed by atoms with E-state index in [0.717, 1.165) is 24.2 Å². The molecule has 0 aliphatic carbocycles. The van der Waals surface area contributed by atoms with Crippen LogP contribution in [0.15, 0.2) is 77.8 Å². The summed E-state index contributed by atoms with van der Waals surface area (Å²) in [4.78, 5) is 17.6. The molecule has 144 valence electrons. The van der Waals surface area contributed by atoms with Crippen LogP contribution in [0.5, 0.6) is 0 Å². The number of para-hydroxylation sites is 1. The van der Waals surface area contributed by atoms with Gasteiger partial charge in [-0.15, -0.1) is 0 Å². The molecule has 0 saturated carbocycles. The number of hydrogen-bond acceptors (Lipinski definition) is 4. The molecule has 0 fully saturated rings. The first-order valence-electron chi connectivity index (χ1n) is 9.55. The minimum Gasteiger partial charge on any atom is -0.265 e. The molecule has 3 aromatic carbocycles. The maximum absolute atomic E-state index is 13.6. The summed E-state index contributed by atoms with van der Waals surface area (Å²) in [6.45, 7) is 1.50. The number of halogens is 1. The summed E-state index contributed by atoms with van der Waals surface area (Å²) < 4.78 is 13.6. The zero-order chi connectivity index (χ0) is 19.8. The van der Waals surface area contributed by atoms with Crippen LogP contribution < -0.4 is 10.5 Å². The summed E-state index contributed by atoms with van der Waals surface area (Å²) in [6, 6.07) is 21.8. The van der Waals surface area contributed by atoms with Gasteiger partial charge in [-0.05, 0) is 41.8 Å². The van der Waals surface area contributed by atoms with E-state index in [9.17, 15) is 9.18 Å². The van der Waals surface area contributed by atoms with Crippen LogP contribution in [0.2, 0.25) is 0 Å². The van der Waals surface area contributed by atoms with E-state index in [2.05, 4.69) is 28.7 Å². The van der Waals surface area contributed by atoms with Crippen molar-refractivity contribution < 1.29 is 9.18 Å². The number of hydrazine groups is 2. The number of hydrogen-bond donors (Lipinski definition) is 1. The van der Waals surface area contributed by atoms with Crippen molar-refractivity contribution in [3.63, 3.8) is 0 Å². The lowest BCUT2D eigenvalue weighted by molar-refractivity contribution is -0.113. The van der Waals surface area contributed by atoms with Crippen LogP contribution in [0.3, 0.4) is 0 Å². The second kappa shape index (κ2) is 7.24. The van der Waals surface area contributed by atoms with E-state index < -0.39 is 0 Å². The summed E-state index contributed by atoms with van der Waals surface area (Å²) in [5.74, 6) is -0.637. The fourth-order valence-corrected chi connectivity index (χ4v) is 3.80. The number of benzene rings is 3. The monoisotopic (exact) mass is 386 g/mol. The van der Waals surface area contributed by atoms with Crippen molar-refractivity contribution in [1.29, 1.82) is 0 Å². The van der Waals surface area contributed by atoms with Crippen molar-refractivity contribution in [3.05, 3.63) is 95.3 Å². The Labute approximate surface area is 168 Å². The van der Waals surface area contributed by atoms with Crippen molar-refractivity contribution in [2.24, 2.45) is 4.99 Å². The van der Waals surface area contributed by atoms with Gasteiger partial charge in [0.1, 0.15) is 11.5 Å². The zero-order valence-electron chi connectivity index (χ0n) is 15.7. The number of carbonyl (C=O) groups excluding carboxylic acids is 1. The smallest absolute Gasteiger partial charge is 0.265 e. The van der Waals surface area contributed by atoms with Gasteiger partial charge in [0.15, 0.2) is 0 Å². The molecule has 0 unspecified atom stereocenters. The summed E-state index contributed by atoms with van der Waals surface area (Å²) in [6.07, 6.45) is 0.914. The molecule has 2 heterocycles. The molecule has 5 rings (SSSR count). The maximum atomic E-state index is 13.6. The van der Waals surface area contributed by atoms with Crippen LogP contribution in [0.25, 0.3) is 0 Å². The van der Waals surface area contributed by atoms with Gasteiger partial charge in [-0.2, -0.15) is 5.53 Å². The molecule has 0 radical (unpaired) electrons. The van der Waals surface area contributed by atoms with E-state index >= 15 is 0 Å². The SMILES string of the molecule is O=C1C(=Nc2cccc(F)c2)c2ccccc2N1NN1CCc2ccccc2C1. The van der Waals surface area contributed by atoms with Gasteiger partial charge >= 0.3 is 0 Å². The third kappa shape index (κ3) is 3.33. The van der Waals surface area contributed by atoms with E-state index in [1.807, 2.05) is 35.3 Å². The highest BCUT2D eigenvalue weighted by atomic mass is 19.1. The molecule has 0 spiro atoms. The summed E-state index contributed by atoms with van der Waals surface area (Å²) >= 11 is 0. The Morgan fingerprint density at radius 1 is 0.931 bits per heavy atom. The predicted octanol–water partition coefficient (Wildman–Crippen LogP) is 3.77. The zero-order valence-corrected chi connectivity index (χ0v) is 15.7. The molecular weight excluding hydrogens is 367 g/mol. The first kappa shape index (κ1) is 17.7. The van der Waals surface area contributed by atoms with E-state index in [4.69, 9.17) is 0 Å². The summed E-state index contributed by atoms with van der Waals surface area (Å²) in [5.41, 5.74) is 8.03. The van der Waals surface area contributed by atoms with Crippen LogP contribution in [0.1, 0.15) is 16.7 Å². The Morgan fingerprint density at radius 2 is 1.72 bits per heavy atom. The second-order valence-electron chi connectivity index (χ2n) is 7.14. The molecule has 2 aliphatic heterocycles. The molecule has 5 nitrogen and oxygen atoms in total. The van der Waals surface area contributed by atoms with Crippen LogP contribution in [0, 0.1) is 5.82 Å². The molecule has 0 bridgehead atoms. The standard InChI is InChI=1S/C23H19FN4O/c24-18-8-5-9-19(14-18)25-22-20-10-3-4-11-21(20)28(23(22)29)26-27-13-12-16-6-1-2-7-17(16)15-27/h1-11,14,26H,12-13,15H2. The Bertz CT molecular complexity index is 1130.